The number of aliphatic carboxylic acids is 1. The van der Waals surface area contributed by atoms with Gasteiger partial charge >= 0.3 is 5.97 Å². The molecule has 1 aromatic rings. The topological polar surface area (TPSA) is 79.3 Å². The zero-order valence-corrected chi connectivity index (χ0v) is 11.1. The molecule has 1 rings (SSSR count). The van der Waals surface area contributed by atoms with Crippen LogP contribution in [-0.4, -0.2) is 22.0 Å². The molecule has 0 spiro atoms. The van der Waals surface area contributed by atoms with Gasteiger partial charge in [0.25, 0.3) is 5.91 Å². The van der Waals surface area contributed by atoms with Gasteiger partial charge in [-0.25, -0.2) is 9.78 Å². The van der Waals surface area contributed by atoms with Crippen LogP contribution in [0, 0.1) is 6.92 Å². The van der Waals surface area contributed by atoms with Gasteiger partial charge in [-0.15, -0.1) is 0 Å². The fourth-order valence-corrected chi connectivity index (χ4v) is 1.59. The first-order chi connectivity index (χ1) is 8.99. The molecule has 0 aliphatic carbocycles. The van der Waals surface area contributed by atoms with Crippen LogP contribution >= 0.6 is 0 Å². The summed E-state index contributed by atoms with van der Waals surface area (Å²) >= 11 is 0. The van der Waals surface area contributed by atoms with E-state index in [0.29, 0.717) is 5.82 Å². The van der Waals surface area contributed by atoms with Crippen molar-refractivity contribution in [1.82, 2.24) is 4.98 Å². The second-order valence-electron chi connectivity index (χ2n) is 3.88. The summed E-state index contributed by atoms with van der Waals surface area (Å²) in [7, 11) is 0. The molecule has 1 heterocycles. The zero-order chi connectivity index (χ0) is 14.4. The standard InChI is InChI=1S/C14H16N2O3/c1-4-10(11(5-2)14(18)19)13(17)16-12-8-9(3)6-7-15-12/h4-8H,1-3H3,(H,18,19)(H,15,16,17). The minimum Gasteiger partial charge on any atom is -0.478 e. The Labute approximate surface area is 111 Å². The minimum absolute atomic E-state index is 0.0346. The highest BCUT2D eigenvalue weighted by Gasteiger charge is 2.18. The Morgan fingerprint density at radius 1 is 1.26 bits per heavy atom. The molecule has 0 aromatic carbocycles. The van der Waals surface area contributed by atoms with E-state index in [-0.39, 0.29) is 11.1 Å². The number of pyridine rings is 1. The predicted octanol–water partition coefficient (Wildman–Crippen LogP) is 2.31. The molecule has 0 aliphatic heterocycles. The number of hydrogen-bond donors (Lipinski definition) is 2. The molecular weight excluding hydrogens is 244 g/mol. The molecule has 0 saturated carbocycles. The lowest BCUT2D eigenvalue weighted by atomic mass is 10.1. The van der Waals surface area contributed by atoms with Crippen molar-refractivity contribution < 1.29 is 14.7 Å². The Bertz CT molecular complexity index is 560. The number of carbonyl (C=O) groups excluding carboxylic acids is 1. The van der Waals surface area contributed by atoms with E-state index in [0.717, 1.165) is 5.56 Å². The molecule has 19 heavy (non-hydrogen) atoms. The number of allylic oxidation sites excluding steroid dienone is 2. The third-order valence-electron chi connectivity index (χ3n) is 2.50. The van der Waals surface area contributed by atoms with E-state index in [4.69, 9.17) is 5.11 Å². The van der Waals surface area contributed by atoms with Crippen molar-refractivity contribution in [3.8, 4) is 0 Å². The van der Waals surface area contributed by atoms with Gasteiger partial charge in [0.15, 0.2) is 0 Å². The number of nitrogens with zero attached hydrogens (tertiary/aromatic N) is 1. The van der Waals surface area contributed by atoms with Gasteiger partial charge in [-0.2, -0.15) is 0 Å². The Hall–Kier alpha value is -2.43. The summed E-state index contributed by atoms with van der Waals surface area (Å²) in [6, 6.07) is 3.52. The van der Waals surface area contributed by atoms with Crippen LogP contribution < -0.4 is 5.32 Å². The van der Waals surface area contributed by atoms with Crippen LogP contribution in [0.3, 0.4) is 0 Å². The first kappa shape index (κ1) is 14.6. The van der Waals surface area contributed by atoms with Gasteiger partial charge in [-0.3, -0.25) is 4.79 Å². The molecule has 1 aromatic heterocycles. The normalized spacial score (nSPS) is 12.2. The number of hydrogen-bond acceptors (Lipinski definition) is 3. The maximum absolute atomic E-state index is 12.0. The van der Waals surface area contributed by atoms with E-state index in [1.54, 1.807) is 32.2 Å². The Morgan fingerprint density at radius 2 is 1.89 bits per heavy atom. The smallest absolute Gasteiger partial charge is 0.336 e. The second kappa shape index (κ2) is 6.49. The zero-order valence-electron chi connectivity index (χ0n) is 11.1. The van der Waals surface area contributed by atoms with Crippen LogP contribution in [0.4, 0.5) is 5.82 Å². The van der Waals surface area contributed by atoms with E-state index < -0.39 is 11.9 Å². The molecule has 5 heteroatoms. The van der Waals surface area contributed by atoms with Gasteiger partial charge in [0, 0.05) is 11.8 Å². The maximum Gasteiger partial charge on any atom is 0.336 e. The number of nitrogens with one attached hydrogen (secondary N) is 1. The molecule has 0 saturated heterocycles. The van der Waals surface area contributed by atoms with Crippen molar-refractivity contribution in [1.29, 1.82) is 0 Å². The molecule has 2 N–H and O–H groups in total. The van der Waals surface area contributed by atoms with Crippen molar-refractivity contribution in [3.63, 3.8) is 0 Å². The molecule has 5 nitrogen and oxygen atoms in total. The summed E-state index contributed by atoms with van der Waals surface area (Å²) in [5.74, 6) is -1.23. The van der Waals surface area contributed by atoms with Crippen molar-refractivity contribution in [2.75, 3.05) is 5.32 Å². The van der Waals surface area contributed by atoms with E-state index in [1.807, 2.05) is 6.92 Å². The van der Waals surface area contributed by atoms with E-state index in [2.05, 4.69) is 10.3 Å². The fraction of sp³-hybridized carbons (Fsp3) is 0.214. The summed E-state index contributed by atoms with van der Waals surface area (Å²) in [4.78, 5) is 27.1. The van der Waals surface area contributed by atoms with Crippen molar-refractivity contribution in [2.45, 2.75) is 20.8 Å². The molecule has 100 valence electrons. The molecule has 0 fully saturated rings. The van der Waals surface area contributed by atoms with Crippen LogP contribution in [0.5, 0.6) is 0 Å². The third kappa shape index (κ3) is 3.77. The third-order valence-corrected chi connectivity index (χ3v) is 2.50. The maximum atomic E-state index is 12.0. The number of carboxylic acids is 1. The van der Waals surface area contributed by atoms with E-state index in [9.17, 15) is 9.59 Å². The fourth-order valence-electron chi connectivity index (χ4n) is 1.59. The average Bonchev–Trinajstić information content (AvgIpc) is 2.34. The summed E-state index contributed by atoms with van der Waals surface area (Å²) < 4.78 is 0. The number of carboxylic acid groups (broad SMARTS) is 1. The van der Waals surface area contributed by atoms with Gasteiger partial charge in [0.1, 0.15) is 5.82 Å². The number of aromatic nitrogens is 1. The number of amides is 1. The summed E-state index contributed by atoms with van der Waals surface area (Å²) in [5, 5.41) is 11.6. The lowest BCUT2D eigenvalue weighted by Crippen LogP contribution is -2.19. The highest BCUT2D eigenvalue weighted by molar-refractivity contribution is 6.13. The van der Waals surface area contributed by atoms with Crippen LogP contribution in [0.15, 0.2) is 41.6 Å². The molecule has 1 amide bonds. The minimum atomic E-state index is -1.14. The van der Waals surface area contributed by atoms with Crippen molar-refractivity contribution in [2.24, 2.45) is 0 Å². The van der Waals surface area contributed by atoms with Gasteiger partial charge in [0.2, 0.25) is 0 Å². The largest absolute Gasteiger partial charge is 0.478 e. The van der Waals surface area contributed by atoms with Gasteiger partial charge in [0.05, 0.1) is 5.57 Å². The van der Waals surface area contributed by atoms with Crippen LogP contribution in [0.2, 0.25) is 0 Å². The Morgan fingerprint density at radius 3 is 2.37 bits per heavy atom. The quantitative estimate of drug-likeness (QED) is 0.643. The van der Waals surface area contributed by atoms with Crippen LogP contribution in [0.25, 0.3) is 0 Å². The summed E-state index contributed by atoms with van der Waals surface area (Å²) in [6.07, 6.45) is 4.43. The van der Waals surface area contributed by atoms with Gasteiger partial charge in [-0.1, -0.05) is 12.2 Å². The highest BCUT2D eigenvalue weighted by atomic mass is 16.4. The Balaban J connectivity index is 2.96. The average molecular weight is 260 g/mol. The number of carbonyl (C=O) groups is 2. The molecule has 0 atom stereocenters. The first-order valence-corrected chi connectivity index (χ1v) is 5.80. The number of rotatable bonds is 4. The monoisotopic (exact) mass is 260 g/mol. The van der Waals surface area contributed by atoms with Gasteiger partial charge < -0.3 is 10.4 Å². The lowest BCUT2D eigenvalue weighted by Gasteiger charge is -2.09. The van der Waals surface area contributed by atoms with E-state index in [1.165, 1.54) is 12.2 Å². The molecular formula is C14H16N2O3. The van der Waals surface area contributed by atoms with Crippen molar-refractivity contribution in [3.05, 3.63) is 47.2 Å². The first-order valence-electron chi connectivity index (χ1n) is 5.80. The molecule has 0 unspecified atom stereocenters. The number of anilines is 1. The lowest BCUT2D eigenvalue weighted by molar-refractivity contribution is -0.132. The molecule has 0 radical (unpaired) electrons. The molecule has 0 aliphatic rings. The van der Waals surface area contributed by atoms with Crippen LogP contribution in [0.1, 0.15) is 19.4 Å². The second-order valence-corrected chi connectivity index (χ2v) is 3.88. The van der Waals surface area contributed by atoms with Crippen molar-refractivity contribution >= 4 is 17.7 Å². The SMILES string of the molecule is CC=C(C(=O)O)C(=CC)C(=O)Nc1cc(C)ccn1. The Kier molecular flexibility index (Phi) is 5.00. The highest BCUT2D eigenvalue weighted by Crippen LogP contribution is 2.14. The van der Waals surface area contributed by atoms with Gasteiger partial charge in [-0.05, 0) is 38.5 Å². The number of aryl methyl sites for hydroxylation is 1. The summed E-state index contributed by atoms with van der Waals surface area (Å²) in [6.45, 7) is 5.07. The van der Waals surface area contributed by atoms with E-state index >= 15 is 0 Å². The predicted molar refractivity (Wildman–Crippen MR) is 72.8 cm³/mol. The summed E-state index contributed by atoms with van der Waals surface area (Å²) in [5.41, 5.74) is 1.03. The van der Waals surface area contributed by atoms with Crippen LogP contribution in [-0.2, 0) is 9.59 Å². The molecule has 0 bridgehead atoms.